The second-order valence-electron chi connectivity index (χ2n) is 6.85. The molecule has 1 N–H and O–H groups in total. The van der Waals surface area contributed by atoms with Crippen molar-refractivity contribution in [3.63, 3.8) is 0 Å². The second kappa shape index (κ2) is 5.95. The summed E-state index contributed by atoms with van der Waals surface area (Å²) in [5, 5.41) is 2.92. The third kappa shape index (κ3) is 2.64. The van der Waals surface area contributed by atoms with Crippen molar-refractivity contribution < 1.29 is 9.59 Å². The molecule has 0 radical (unpaired) electrons. The van der Waals surface area contributed by atoms with Crippen LogP contribution in [-0.2, 0) is 9.59 Å². The largest absolute Gasteiger partial charge is 0.357 e. The summed E-state index contributed by atoms with van der Waals surface area (Å²) in [5.41, 5.74) is 0.688. The lowest BCUT2D eigenvalue weighted by molar-refractivity contribution is -0.135. The first kappa shape index (κ1) is 15.7. The number of thioether (sulfide) groups is 1. The van der Waals surface area contributed by atoms with E-state index in [0.717, 1.165) is 25.3 Å². The molecule has 3 aliphatic rings. The maximum atomic E-state index is 12.6. The molecule has 0 aliphatic carbocycles. The monoisotopic (exact) mass is 346 g/mol. The van der Waals surface area contributed by atoms with Gasteiger partial charge in [0, 0.05) is 25.3 Å². The van der Waals surface area contributed by atoms with Gasteiger partial charge in [-0.3, -0.25) is 9.59 Å². The van der Waals surface area contributed by atoms with Gasteiger partial charge in [0.25, 0.3) is 0 Å². The highest BCUT2D eigenvalue weighted by Gasteiger charge is 2.52. The van der Waals surface area contributed by atoms with Crippen molar-refractivity contribution in [2.24, 2.45) is 0 Å². The molecule has 2 atom stereocenters. The number of hydrogen-bond donors (Lipinski definition) is 1. The van der Waals surface area contributed by atoms with Gasteiger partial charge in [-0.25, -0.2) is 4.98 Å². The first-order chi connectivity index (χ1) is 11.6. The molecule has 2 amide bonds. The number of amides is 2. The Morgan fingerprint density at radius 3 is 2.88 bits per heavy atom. The Morgan fingerprint density at radius 1 is 1.38 bits per heavy atom. The molecule has 2 unspecified atom stereocenters. The van der Waals surface area contributed by atoms with Crippen LogP contribution in [0.15, 0.2) is 18.3 Å². The van der Waals surface area contributed by atoms with E-state index in [1.54, 1.807) is 22.9 Å². The molecule has 4 rings (SSSR count). The van der Waals surface area contributed by atoms with Crippen molar-refractivity contribution in [3.8, 4) is 0 Å². The molecule has 0 saturated carbocycles. The van der Waals surface area contributed by atoms with E-state index < -0.39 is 0 Å². The number of fused-ring (bicyclic) bond motifs is 1. The zero-order chi connectivity index (χ0) is 16.7. The number of anilines is 2. The van der Waals surface area contributed by atoms with Crippen molar-refractivity contribution in [1.29, 1.82) is 0 Å². The van der Waals surface area contributed by atoms with Gasteiger partial charge in [-0.1, -0.05) is 0 Å². The Kier molecular flexibility index (Phi) is 3.90. The highest BCUT2D eigenvalue weighted by molar-refractivity contribution is 8.01. The highest BCUT2D eigenvalue weighted by Crippen LogP contribution is 2.47. The fraction of sp³-hybridized carbons (Fsp3) is 0.588. The molecule has 1 aromatic rings. The molecule has 3 aliphatic heterocycles. The molecule has 0 bridgehead atoms. The first-order valence-electron chi connectivity index (χ1n) is 8.55. The van der Waals surface area contributed by atoms with E-state index in [0.29, 0.717) is 17.9 Å². The minimum absolute atomic E-state index is 0.0881. The predicted octanol–water partition coefficient (Wildman–Crippen LogP) is 2.07. The van der Waals surface area contributed by atoms with Gasteiger partial charge >= 0.3 is 0 Å². The number of aromatic nitrogens is 1. The predicted molar refractivity (Wildman–Crippen MR) is 95.0 cm³/mol. The summed E-state index contributed by atoms with van der Waals surface area (Å²) >= 11 is 1.71. The van der Waals surface area contributed by atoms with Crippen LogP contribution in [0.2, 0.25) is 0 Å². The maximum absolute atomic E-state index is 12.6. The summed E-state index contributed by atoms with van der Waals surface area (Å²) in [6, 6.07) is 3.47. The van der Waals surface area contributed by atoms with Gasteiger partial charge in [0.2, 0.25) is 11.8 Å². The minimum Gasteiger partial charge on any atom is -0.357 e. The van der Waals surface area contributed by atoms with Crippen molar-refractivity contribution in [1.82, 2.24) is 9.88 Å². The van der Waals surface area contributed by atoms with Crippen LogP contribution < -0.4 is 10.2 Å². The standard InChI is InChI=1S/C17H22N4O2S/c1-17-7-6-15(22)21(17)13(11-24-17)16(23)19-12-4-5-14(18-10-12)20-8-2-3-9-20/h4-5,10,13H,2-3,6-9,11H2,1H3,(H,19,23). The average molecular weight is 346 g/mol. The second-order valence-corrected chi connectivity index (χ2v) is 8.36. The molecule has 1 aromatic heterocycles. The van der Waals surface area contributed by atoms with Crippen molar-refractivity contribution in [2.45, 2.75) is 43.5 Å². The smallest absolute Gasteiger partial charge is 0.248 e. The van der Waals surface area contributed by atoms with Crippen LogP contribution in [0.1, 0.15) is 32.6 Å². The van der Waals surface area contributed by atoms with E-state index in [-0.39, 0.29) is 22.7 Å². The number of pyridine rings is 1. The number of nitrogens with one attached hydrogen (secondary N) is 1. The molecule has 3 fully saturated rings. The molecule has 6 nitrogen and oxygen atoms in total. The van der Waals surface area contributed by atoms with E-state index in [9.17, 15) is 9.59 Å². The number of carbonyl (C=O) groups excluding carboxylic acids is 2. The van der Waals surface area contributed by atoms with E-state index in [1.807, 2.05) is 12.1 Å². The molecule has 0 aromatic carbocycles. The lowest BCUT2D eigenvalue weighted by Gasteiger charge is -2.29. The Bertz CT molecular complexity index is 659. The zero-order valence-electron chi connectivity index (χ0n) is 13.8. The van der Waals surface area contributed by atoms with E-state index >= 15 is 0 Å². The molecular weight excluding hydrogens is 324 g/mol. The topological polar surface area (TPSA) is 65.5 Å². The fourth-order valence-electron chi connectivity index (χ4n) is 3.83. The summed E-state index contributed by atoms with van der Waals surface area (Å²) in [6.07, 6.45) is 5.49. The van der Waals surface area contributed by atoms with Crippen LogP contribution >= 0.6 is 11.8 Å². The van der Waals surface area contributed by atoms with E-state index in [4.69, 9.17) is 0 Å². The van der Waals surface area contributed by atoms with Crippen LogP contribution in [0.3, 0.4) is 0 Å². The molecule has 7 heteroatoms. The van der Waals surface area contributed by atoms with Gasteiger partial charge in [0.15, 0.2) is 0 Å². The molecule has 24 heavy (non-hydrogen) atoms. The Balaban J connectivity index is 1.43. The summed E-state index contributed by atoms with van der Waals surface area (Å²) in [6.45, 7) is 4.16. The number of carbonyl (C=O) groups is 2. The lowest BCUT2D eigenvalue weighted by atomic mass is 10.2. The van der Waals surface area contributed by atoms with Gasteiger partial charge < -0.3 is 15.1 Å². The van der Waals surface area contributed by atoms with Crippen LogP contribution in [0, 0.1) is 0 Å². The van der Waals surface area contributed by atoms with Gasteiger partial charge in [-0.2, -0.15) is 0 Å². The molecule has 128 valence electrons. The average Bonchev–Trinajstić information content (AvgIpc) is 3.27. The zero-order valence-corrected chi connectivity index (χ0v) is 14.6. The number of hydrogen-bond acceptors (Lipinski definition) is 5. The Morgan fingerprint density at radius 2 is 2.17 bits per heavy atom. The summed E-state index contributed by atoms with van der Waals surface area (Å²) < 4.78 is 0. The van der Waals surface area contributed by atoms with Crippen molar-refractivity contribution in [2.75, 3.05) is 29.1 Å². The van der Waals surface area contributed by atoms with Gasteiger partial charge in [-0.15, -0.1) is 11.8 Å². The van der Waals surface area contributed by atoms with Crippen LogP contribution in [0.5, 0.6) is 0 Å². The van der Waals surface area contributed by atoms with Crippen LogP contribution in [0.25, 0.3) is 0 Å². The Hall–Kier alpha value is -1.76. The fourth-order valence-corrected chi connectivity index (χ4v) is 5.27. The van der Waals surface area contributed by atoms with Gasteiger partial charge in [0.1, 0.15) is 11.9 Å². The molecule has 3 saturated heterocycles. The highest BCUT2D eigenvalue weighted by atomic mass is 32.2. The maximum Gasteiger partial charge on any atom is 0.248 e. The number of rotatable bonds is 3. The minimum atomic E-state index is -0.381. The molecular formula is C17H22N4O2S. The lowest BCUT2D eigenvalue weighted by Crippen LogP contribution is -2.48. The van der Waals surface area contributed by atoms with Gasteiger partial charge in [-0.05, 0) is 38.3 Å². The van der Waals surface area contributed by atoms with E-state index in [1.165, 1.54) is 12.8 Å². The normalized spacial score (nSPS) is 29.2. The number of nitrogens with zero attached hydrogens (tertiary/aromatic N) is 3. The quantitative estimate of drug-likeness (QED) is 0.908. The third-order valence-electron chi connectivity index (χ3n) is 5.19. The summed E-state index contributed by atoms with van der Waals surface area (Å²) in [7, 11) is 0. The molecule has 4 heterocycles. The molecule has 0 spiro atoms. The summed E-state index contributed by atoms with van der Waals surface area (Å²) in [5.74, 6) is 1.60. The van der Waals surface area contributed by atoms with E-state index in [2.05, 4.69) is 22.1 Å². The van der Waals surface area contributed by atoms with Gasteiger partial charge in [0.05, 0.1) is 16.8 Å². The summed E-state index contributed by atoms with van der Waals surface area (Å²) in [4.78, 5) is 33.0. The third-order valence-corrected chi connectivity index (χ3v) is 6.70. The van der Waals surface area contributed by atoms with Crippen molar-refractivity contribution in [3.05, 3.63) is 18.3 Å². The van der Waals surface area contributed by atoms with Crippen LogP contribution in [-0.4, -0.2) is 51.5 Å². The Labute approximate surface area is 146 Å². The van der Waals surface area contributed by atoms with Crippen molar-refractivity contribution >= 4 is 35.1 Å². The van der Waals surface area contributed by atoms with Crippen LogP contribution in [0.4, 0.5) is 11.5 Å². The first-order valence-corrected chi connectivity index (χ1v) is 9.53. The SMILES string of the molecule is CC12CCC(=O)N1C(C(=O)Nc1ccc(N3CCCC3)nc1)CS2.